The number of ether oxygens (including phenoxy) is 3. The molecule has 4 atom stereocenters. The third-order valence-corrected chi connectivity index (χ3v) is 4.52. The van der Waals surface area contributed by atoms with Gasteiger partial charge in [-0.2, -0.15) is 0 Å². The van der Waals surface area contributed by atoms with Crippen molar-refractivity contribution >= 4 is 0 Å². The van der Waals surface area contributed by atoms with Crippen molar-refractivity contribution < 1.29 is 24.4 Å². The fourth-order valence-electron chi connectivity index (χ4n) is 2.63. The number of aliphatic hydroxyl groups excluding tert-OH is 2. The highest BCUT2D eigenvalue weighted by Gasteiger charge is 2.29. The standard InChI is InChI=1S/C18H38O5/c1-8-17(5,10-14(3)19)22-12-16(21-7)13-23-18(6,9-2)11-15(4)20/h14-16,19-20H,8-13H2,1-7H3. The highest BCUT2D eigenvalue weighted by molar-refractivity contribution is 4.79. The van der Waals surface area contributed by atoms with E-state index in [1.807, 2.05) is 13.8 Å². The van der Waals surface area contributed by atoms with Gasteiger partial charge in [-0.15, -0.1) is 0 Å². The molecule has 5 heteroatoms. The van der Waals surface area contributed by atoms with Gasteiger partial charge in [0, 0.05) is 20.0 Å². The lowest BCUT2D eigenvalue weighted by Crippen LogP contribution is -2.39. The van der Waals surface area contributed by atoms with E-state index in [-0.39, 0.29) is 17.3 Å². The lowest BCUT2D eigenvalue weighted by molar-refractivity contribution is -0.138. The van der Waals surface area contributed by atoms with Gasteiger partial charge < -0.3 is 24.4 Å². The third kappa shape index (κ3) is 9.62. The van der Waals surface area contributed by atoms with Gasteiger partial charge >= 0.3 is 0 Å². The van der Waals surface area contributed by atoms with Crippen LogP contribution in [-0.4, -0.2) is 60.1 Å². The highest BCUT2D eigenvalue weighted by Crippen LogP contribution is 2.24. The smallest absolute Gasteiger partial charge is 0.104 e. The minimum absolute atomic E-state index is 0.172. The molecule has 0 aromatic rings. The molecule has 0 saturated heterocycles. The van der Waals surface area contributed by atoms with Crippen molar-refractivity contribution in [2.45, 2.75) is 96.7 Å². The van der Waals surface area contributed by atoms with E-state index in [0.29, 0.717) is 26.1 Å². The molecule has 0 fully saturated rings. The fraction of sp³-hybridized carbons (Fsp3) is 1.00. The highest BCUT2D eigenvalue weighted by atomic mass is 16.6. The van der Waals surface area contributed by atoms with Crippen LogP contribution in [0.25, 0.3) is 0 Å². The molecule has 0 rings (SSSR count). The lowest BCUT2D eigenvalue weighted by Gasteiger charge is -2.34. The van der Waals surface area contributed by atoms with Crippen LogP contribution in [0.1, 0.15) is 67.2 Å². The van der Waals surface area contributed by atoms with E-state index in [1.165, 1.54) is 0 Å². The summed E-state index contributed by atoms with van der Waals surface area (Å²) in [6.07, 6.45) is 1.87. The number of hydrogen-bond donors (Lipinski definition) is 2. The molecule has 0 aliphatic rings. The molecule has 0 aliphatic heterocycles. The summed E-state index contributed by atoms with van der Waals surface area (Å²) in [5.74, 6) is 0. The molecule has 0 bridgehead atoms. The Morgan fingerprint density at radius 3 is 1.39 bits per heavy atom. The molecule has 0 radical (unpaired) electrons. The van der Waals surface area contributed by atoms with Crippen LogP contribution < -0.4 is 0 Å². The average molecular weight is 334 g/mol. The zero-order valence-electron chi connectivity index (χ0n) is 16.1. The number of methoxy groups -OCH3 is 1. The van der Waals surface area contributed by atoms with Crippen LogP contribution in [0.3, 0.4) is 0 Å². The first-order valence-corrected chi connectivity index (χ1v) is 8.76. The first-order valence-electron chi connectivity index (χ1n) is 8.76. The van der Waals surface area contributed by atoms with E-state index < -0.39 is 12.2 Å². The van der Waals surface area contributed by atoms with Crippen molar-refractivity contribution in [3.8, 4) is 0 Å². The Bertz CT molecular complexity index is 280. The van der Waals surface area contributed by atoms with Crippen molar-refractivity contribution in [2.75, 3.05) is 20.3 Å². The largest absolute Gasteiger partial charge is 0.393 e. The molecule has 0 aliphatic carbocycles. The van der Waals surface area contributed by atoms with Gasteiger partial charge in [0.1, 0.15) is 6.10 Å². The van der Waals surface area contributed by atoms with Gasteiger partial charge in [-0.05, 0) is 40.5 Å². The van der Waals surface area contributed by atoms with Crippen molar-refractivity contribution in [3.05, 3.63) is 0 Å². The van der Waals surface area contributed by atoms with Gasteiger partial charge in [-0.3, -0.25) is 0 Å². The monoisotopic (exact) mass is 334 g/mol. The van der Waals surface area contributed by atoms with Crippen LogP contribution >= 0.6 is 0 Å². The van der Waals surface area contributed by atoms with Gasteiger partial charge in [-0.25, -0.2) is 0 Å². The second kappa shape index (κ2) is 10.6. The van der Waals surface area contributed by atoms with Gasteiger partial charge in [0.2, 0.25) is 0 Å². The normalized spacial score (nSPS) is 21.3. The Balaban J connectivity index is 4.49. The molecule has 4 unspecified atom stereocenters. The summed E-state index contributed by atoms with van der Waals surface area (Å²) in [6.45, 7) is 12.5. The summed E-state index contributed by atoms with van der Waals surface area (Å²) >= 11 is 0. The zero-order chi connectivity index (χ0) is 18.1. The first kappa shape index (κ1) is 22.8. The second-order valence-electron chi connectivity index (χ2n) is 7.19. The number of rotatable bonds is 13. The Morgan fingerprint density at radius 2 is 1.17 bits per heavy atom. The molecule has 2 N–H and O–H groups in total. The number of aliphatic hydroxyl groups is 2. The van der Waals surface area contributed by atoms with Gasteiger partial charge in [0.05, 0.1) is 36.6 Å². The van der Waals surface area contributed by atoms with E-state index in [4.69, 9.17) is 14.2 Å². The van der Waals surface area contributed by atoms with Crippen molar-refractivity contribution in [1.82, 2.24) is 0 Å². The first-order chi connectivity index (χ1) is 10.6. The lowest BCUT2D eigenvalue weighted by atomic mass is 9.95. The van der Waals surface area contributed by atoms with Crippen LogP contribution in [0.5, 0.6) is 0 Å². The minimum atomic E-state index is -0.397. The molecular formula is C18H38O5. The van der Waals surface area contributed by atoms with Crippen molar-refractivity contribution in [2.24, 2.45) is 0 Å². The maximum absolute atomic E-state index is 9.61. The van der Waals surface area contributed by atoms with Gasteiger partial charge in [0.15, 0.2) is 0 Å². The van der Waals surface area contributed by atoms with Crippen LogP contribution in [-0.2, 0) is 14.2 Å². The Morgan fingerprint density at radius 1 is 0.826 bits per heavy atom. The summed E-state index contributed by atoms with van der Waals surface area (Å²) in [5, 5.41) is 19.2. The predicted octanol–water partition coefficient (Wildman–Crippen LogP) is 2.91. The minimum Gasteiger partial charge on any atom is -0.393 e. The molecule has 0 aromatic carbocycles. The molecule has 5 nitrogen and oxygen atoms in total. The van der Waals surface area contributed by atoms with E-state index in [9.17, 15) is 10.2 Å². The molecule has 140 valence electrons. The molecule has 0 saturated carbocycles. The molecule has 0 heterocycles. The van der Waals surface area contributed by atoms with E-state index in [0.717, 1.165) is 12.8 Å². The SMILES string of the molecule is CCC(C)(CC(C)O)OCC(COC(C)(CC)CC(C)O)OC. The van der Waals surface area contributed by atoms with Crippen LogP contribution in [0.2, 0.25) is 0 Å². The van der Waals surface area contributed by atoms with E-state index >= 15 is 0 Å². The van der Waals surface area contributed by atoms with E-state index in [1.54, 1.807) is 21.0 Å². The Labute approximate surface area is 142 Å². The molecule has 0 amide bonds. The van der Waals surface area contributed by atoms with Gasteiger partial charge in [0.25, 0.3) is 0 Å². The van der Waals surface area contributed by atoms with E-state index in [2.05, 4.69) is 13.8 Å². The predicted molar refractivity (Wildman–Crippen MR) is 92.7 cm³/mol. The summed E-state index contributed by atoms with van der Waals surface area (Å²) in [4.78, 5) is 0. The molecule has 0 aromatic heterocycles. The summed E-state index contributed by atoms with van der Waals surface area (Å²) in [5.41, 5.74) is -0.725. The number of hydrogen-bond acceptors (Lipinski definition) is 5. The third-order valence-electron chi connectivity index (χ3n) is 4.52. The average Bonchev–Trinajstić information content (AvgIpc) is 2.46. The Hall–Kier alpha value is -0.200. The van der Waals surface area contributed by atoms with Crippen LogP contribution in [0.15, 0.2) is 0 Å². The maximum atomic E-state index is 9.61. The Kier molecular flexibility index (Phi) is 10.5. The fourth-order valence-corrected chi connectivity index (χ4v) is 2.63. The van der Waals surface area contributed by atoms with Crippen molar-refractivity contribution in [1.29, 1.82) is 0 Å². The molecule has 0 spiro atoms. The molecular weight excluding hydrogens is 296 g/mol. The zero-order valence-corrected chi connectivity index (χ0v) is 16.1. The summed E-state index contributed by atoms with van der Waals surface area (Å²) in [7, 11) is 1.65. The summed E-state index contributed by atoms with van der Waals surface area (Å²) in [6, 6.07) is 0. The van der Waals surface area contributed by atoms with Crippen LogP contribution in [0.4, 0.5) is 0 Å². The van der Waals surface area contributed by atoms with Crippen molar-refractivity contribution in [3.63, 3.8) is 0 Å². The summed E-state index contributed by atoms with van der Waals surface area (Å²) < 4.78 is 17.5. The topological polar surface area (TPSA) is 68.2 Å². The molecule has 23 heavy (non-hydrogen) atoms. The van der Waals surface area contributed by atoms with Gasteiger partial charge in [-0.1, -0.05) is 13.8 Å². The quantitative estimate of drug-likeness (QED) is 0.542. The maximum Gasteiger partial charge on any atom is 0.104 e. The second-order valence-corrected chi connectivity index (χ2v) is 7.19. The van der Waals surface area contributed by atoms with Crippen LogP contribution in [0, 0.1) is 0 Å².